The van der Waals surface area contributed by atoms with E-state index in [4.69, 9.17) is 5.11 Å². The highest BCUT2D eigenvalue weighted by Crippen LogP contribution is 2.30. The van der Waals surface area contributed by atoms with Crippen LogP contribution in [0.15, 0.2) is 30.3 Å². The molecule has 22 heavy (non-hydrogen) atoms. The highest BCUT2D eigenvalue weighted by Gasteiger charge is 2.36. The second kappa shape index (κ2) is 7.25. The first-order chi connectivity index (χ1) is 10.8. The Morgan fingerprint density at radius 1 is 1.14 bits per heavy atom. The molecule has 0 spiro atoms. The number of benzene rings is 1. The summed E-state index contributed by atoms with van der Waals surface area (Å²) in [5, 5.41) is 9.16. The van der Waals surface area contributed by atoms with E-state index in [1.807, 2.05) is 11.0 Å². The number of piperidine rings is 1. The van der Waals surface area contributed by atoms with Crippen LogP contribution in [-0.2, 0) is 11.3 Å². The van der Waals surface area contributed by atoms with Crippen molar-refractivity contribution in [3.8, 4) is 0 Å². The largest absolute Gasteiger partial charge is 0.395 e. The fraction of sp³-hybridized carbons (Fsp3) is 0.611. The quantitative estimate of drug-likeness (QED) is 0.872. The molecule has 2 fully saturated rings. The Morgan fingerprint density at radius 2 is 1.82 bits per heavy atom. The van der Waals surface area contributed by atoms with Gasteiger partial charge < -0.3 is 10.0 Å². The van der Waals surface area contributed by atoms with Crippen LogP contribution in [-0.4, -0.2) is 53.1 Å². The molecule has 1 N–H and O–H groups in total. The number of carbonyl (C=O) groups excluding carboxylic acids is 1. The molecule has 0 unspecified atom stereocenters. The maximum Gasteiger partial charge on any atom is 0.226 e. The zero-order valence-corrected chi connectivity index (χ0v) is 13.2. The number of carbonyl (C=O) groups is 1. The highest BCUT2D eigenvalue weighted by molar-refractivity contribution is 5.79. The Bertz CT molecular complexity index is 479. The van der Waals surface area contributed by atoms with Gasteiger partial charge in [0.1, 0.15) is 0 Å². The maximum absolute atomic E-state index is 12.6. The van der Waals surface area contributed by atoms with E-state index in [9.17, 15) is 4.79 Å². The molecule has 3 rings (SSSR count). The second-order valence-corrected chi connectivity index (χ2v) is 6.52. The number of hydrogen-bond acceptors (Lipinski definition) is 3. The van der Waals surface area contributed by atoms with E-state index in [-0.39, 0.29) is 18.4 Å². The highest BCUT2D eigenvalue weighted by atomic mass is 16.3. The molecule has 1 saturated carbocycles. The van der Waals surface area contributed by atoms with Gasteiger partial charge in [0.05, 0.1) is 6.61 Å². The molecule has 1 aliphatic carbocycles. The zero-order chi connectivity index (χ0) is 15.4. The first kappa shape index (κ1) is 15.5. The van der Waals surface area contributed by atoms with E-state index in [1.54, 1.807) is 0 Å². The van der Waals surface area contributed by atoms with Gasteiger partial charge in [-0.25, -0.2) is 0 Å². The van der Waals surface area contributed by atoms with Gasteiger partial charge >= 0.3 is 0 Å². The predicted molar refractivity (Wildman–Crippen MR) is 86.3 cm³/mol. The summed E-state index contributed by atoms with van der Waals surface area (Å²) < 4.78 is 0. The second-order valence-electron chi connectivity index (χ2n) is 6.52. The summed E-state index contributed by atoms with van der Waals surface area (Å²) >= 11 is 0. The number of likely N-dealkylation sites (tertiary alicyclic amines) is 1. The summed E-state index contributed by atoms with van der Waals surface area (Å²) in [6.07, 6.45) is 4.11. The van der Waals surface area contributed by atoms with E-state index >= 15 is 0 Å². The molecule has 2 aliphatic rings. The summed E-state index contributed by atoms with van der Waals surface area (Å²) in [5.41, 5.74) is 1.34. The van der Waals surface area contributed by atoms with Gasteiger partial charge in [-0.1, -0.05) is 30.3 Å². The molecule has 0 atom stereocenters. The number of amides is 1. The summed E-state index contributed by atoms with van der Waals surface area (Å²) in [6, 6.07) is 10.9. The molecule has 1 heterocycles. The number of nitrogens with zero attached hydrogens (tertiary/aromatic N) is 2. The van der Waals surface area contributed by atoms with Crippen LogP contribution in [0.3, 0.4) is 0 Å². The third kappa shape index (κ3) is 3.87. The van der Waals surface area contributed by atoms with E-state index in [0.29, 0.717) is 12.6 Å². The van der Waals surface area contributed by atoms with E-state index < -0.39 is 0 Å². The lowest BCUT2D eigenvalue weighted by Gasteiger charge is -2.34. The van der Waals surface area contributed by atoms with Gasteiger partial charge in [-0.05, 0) is 44.3 Å². The van der Waals surface area contributed by atoms with E-state index in [0.717, 1.165) is 45.3 Å². The van der Waals surface area contributed by atoms with Gasteiger partial charge in [-0.2, -0.15) is 0 Å². The molecule has 1 amide bonds. The minimum absolute atomic E-state index is 0.0785. The zero-order valence-electron chi connectivity index (χ0n) is 13.2. The lowest BCUT2D eigenvalue weighted by atomic mass is 9.94. The lowest BCUT2D eigenvalue weighted by molar-refractivity contribution is -0.138. The van der Waals surface area contributed by atoms with Crippen molar-refractivity contribution in [2.45, 2.75) is 38.3 Å². The van der Waals surface area contributed by atoms with Crippen molar-refractivity contribution in [3.05, 3.63) is 35.9 Å². The molecule has 0 aromatic heterocycles. The van der Waals surface area contributed by atoms with Crippen LogP contribution in [0.4, 0.5) is 0 Å². The SMILES string of the molecule is O=C(C1CCN(Cc2ccccc2)CC1)N(CCO)C1CC1. The Morgan fingerprint density at radius 3 is 2.41 bits per heavy atom. The van der Waals surface area contributed by atoms with Crippen molar-refractivity contribution in [1.29, 1.82) is 0 Å². The van der Waals surface area contributed by atoms with Gasteiger partial charge in [-0.15, -0.1) is 0 Å². The van der Waals surface area contributed by atoms with Crippen LogP contribution in [0, 0.1) is 5.92 Å². The maximum atomic E-state index is 12.6. The third-order valence-electron chi connectivity index (χ3n) is 4.80. The van der Waals surface area contributed by atoms with Crippen molar-refractivity contribution in [2.24, 2.45) is 5.92 Å². The van der Waals surface area contributed by atoms with Crippen molar-refractivity contribution < 1.29 is 9.90 Å². The van der Waals surface area contributed by atoms with Gasteiger partial charge in [0.15, 0.2) is 0 Å². The van der Waals surface area contributed by atoms with Crippen LogP contribution in [0.5, 0.6) is 0 Å². The molecule has 1 aromatic carbocycles. The summed E-state index contributed by atoms with van der Waals surface area (Å²) in [5.74, 6) is 0.426. The summed E-state index contributed by atoms with van der Waals surface area (Å²) in [4.78, 5) is 17.0. The first-order valence-electron chi connectivity index (χ1n) is 8.45. The topological polar surface area (TPSA) is 43.8 Å². The third-order valence-corrected chi connectivity index (χ3v) is 4.80. The normalized spacial score (nSPS) is 20.0. The van der Waals surface area contributed by atoms with Gasteiger partial charge in [-0.3, -0.25) is 9.69 Å². The average molecular weight is 302 g/mol. The van der Waals surface area contributed by atoms with Crippen molar-refractivity contribution in [1.82, 2.24) is 9.80 Å². The van der Waals surface area contributed by atoms with E-state index in [2.05, 4.69) is 29.2 Å². The number of aliphatic hydroxyl groups is 1. The molecule has 0 bridgehead atoms. The molecule has 4 nitrogen and oxygen atoms in total. The smallest absolute Gasteiger partial charge is 0.226 e. The molecular formula is C18H26N2O2. The molecule has 4 heteroatoms. The van der Waals surface area contributed by atoms with Crippen LogP contribution >= 0.6 is 0 Å². The van der Waals surface area contributed by atoms with Crippen LogP contribution in [0.25, 0.3) is 0 Å². The first-order valence-corrected chi connectivity index (χ1v) is 8.45. The number of aliphatic hydroxyl groups excluding tert-OH is 1. The molecule has 1 saturated heterocycles. The monoisotopic (exact) mass is 302 g/mol. The number of hydrogen-bond donors (Lipinski definition) is 1. The molecule has 1 aromatic rings. The Labute approximate surface area is 132 Å². The van der Waals surface area contributed by atoms with Crippen LogP contribution in [0.1, 0.15) is 31.2 Å². The lowest BCUT2D eigenvalue weighted by Crippen LogP contribution is -2.44. The predicted octanol–water partition coefficient (Wildman–Crippen LogP) is 1.88. The molecular weight excluding hydrogens is 276 g/mol. The van der Waals surface area contributed by atoms with Crippen molar-refractivity contribution in [2.75, 3.05) is 26.2 Å². The molecule has 120 valence electrons. The summed E-state index contributed by atoms with van der Waals surface area (Å²) in [6.45, 7) is 3.54. The fourth-order valence-corrected chi connectivity index (χ4v) is 3.38. The molecule has 1 aliphatic heterocycles. The Hall–Kier alpha value is -1.39. The Balaban J connectivity index is 1.49. The summed E-state index contributed by atoms with van der Waals surface area (Å²) in [7, 11) is 0. The van der Waals surface area contributed by atoms with E-state index in [1.165, 1.54) is 5.56 Å². The van der Waals surface area contributed by atoms with Crippen LogP contribution in [0.2, 0.25) is 0 Å². The van der Waals surface area contributed by atoms with Gasteiger partial charge in [0, 0.05) is 25.0 Å². The minimum atomic E-state index is 0.0785. The average Bonchev–Trinajstić information content (AvgIpc) is 3.38. The number of rotatable bonds is 6. The van der Waals surface area contributed by atoms with Crippen molar-refractivity contribution >= 4 is 5.91 Å². The van der Waals surface area contributed by atoms with Gasteiger partial charge in [0.2, 0.25) is 5.91 Å². The van der Waals surface area contributed by atoms with Crippen LogP contribution < -0.4 is 0 Å². The molecule has 0 radical (unpaired) electrons. The minimum Gasteiger partial charge on any atom is -0.395 e. The van der Waals surface area contributed by atoms with Crippen molar-refractivity contribution in [3.63, 3.8) is 0 Å². The Kier molecular flexibility index (Phi) is 5.11. The van der Waals surface area contributed by atoms with Gasteiger partial charge in [0.25, 0.3) is 0 Å². The fourth-order valence-electron chi connectivity index (χ4n) is 3.38. The standard InChI is InChI=1S/C18H26N2O2/c21-13-12-20(17-6-7-17)18(22)16-8-10-19(11-9-16)14-15-4-2-1-3-5-15/h1-5,16-17,21H,6-14H2.